The Hall–Kier alpha value is -2.93. The molecule has 0 unspecified atom stereocenters. The summed E-state index contributed by atoms with van der Waals surface area (Å²) in [5.41, 5.74) is 2.67. The van der Waals surface area contributed by atoms with Gasteiger partial charge < -0.3 is 5.32 Å². The zero-order chi connectivity index (χ0) is 17.1. The fourth-order valence-electron chi connectivity index (χ4n) is 3.04. The van der Waals surface area contributed by atoms with Crippen LogP contribution in [-0.4, -0.2) is 50.6 Å². The van der Waals surface area contributed by atoms with Gasteiger partial charge in [0.1, 0.15) is 5.82 Å². The SMILES string of the molecule is O=C(CN1CCCC1)Nc1cc2cc(-c3ccnnc3)cnc2cn1. The maximum atomic E-state index is 12.2. The van der Waals surface area contributed by atoms with E-state index in [0.717, 1.165) is 35.1 Å². The van der Waals surface area contributed by atoms with Gasteiger partial charge in [-0.15, -0.1) is 0 Å². The van der Waals surface area contributed by atoms with Gasteiger partial charge in [0.05, 0.1) is 30.7 Å². The van der Waals surface area contributed by atoms with Crippen LogP contribution >= 0.6 is 0 Å². The lowest BCUT2D eigenvalue weighted by atomic mass is 10.1. The number of carbonyl (C=O) groups is 1. The molecule has 7 heteroatoms. The van der Waals surface area contributed by atoms with Crippen LogP contribution in [0, 0.1) is 0 Å². The number of amides is 1. The van der Waals surface area contributed by atoms with Gasteiger partial charge in [-0.1, -0.05) is 0 Å². The number of nitrogens with one attached hydrogen (secondary N) is 1. The van der Waals surface area contributed by atoms with Crippen molar-refractivity contribution < 1.29 is 4.79 Å². The van der Waals surface area contributed by atoms with Crippen LogP contribution in [-0.2, 0) is 4.79 Å². The van der Waals surface area contributed by atoms with E-state index in [4.69, 9.17) is 0 Å². The van der Waals surface area contributed by atoms with Crippen LogP contribution in [0.5, 0.6) is 0 Å². The van der Waals surface area contributed by atoms with E-state index in [2.05, 4.69) is 30.4 Å². The number of carbonyl (C=O) groups excluding carboxylic acids is 1. The molecule has 1 aliphatic heterocycles. The van der Waals surface area contributed by atoms with Crippen LogP contribution in [0.25, 0.3) is 22.0 Å². The molecule has 1 fully saturated rings. The molecule has 0 aliphatic carbocycles. The number of hydrogen-bond donors (Lipinski definition) is 1. The molecule has 0 saturated carbocycles. The molecular weight excluding hydrogens is 316 g/mol. The average Bonchev–Trinajstić information content (AvgIpc) is 3.14. The fourth-order valence-corrected chi connectivity index (χ4v) is 3.04. The van der Waals surface area contributed by atoms with Crippen LogP contribution in [0.1, 0.15) is 12.8 Å². The maximum Gasteiger partial charge on any atom is 0.239 e. The van der Waals surface area contributed by atoms with Crippen molar-refractivity contribution in [2.45, 2.75) is 12.8 Å². The van der Waals surface area contributed by atoms with Gasteiger partial charge in [-0.25, -0.2) is 4.98 Å². The first kappa shape index (κ1) is 15.6. The second kappa shape index (κ2) is 6.90. The first-order valence-electron chi connectivity index (χ1n) is 8.33. The highest BCUT2D eigenvalue weighted by Gasteiger charge is 2.15. The van der Waals surface area contributed by atoms with Crippen LogP contribution in [0.4, 0.5) is 5.82 Å². The number of pyridine rings is 2. The molecule has 4 rings (SSSR count). The fraction of sp³-hybridized carbons (Fsp3) is 0.278. The van der Waals surface area contributed by atoms with E-state index >= 15 is 0 Å². The summed E-state index contributed by atoms with van der Waals surface area (Å²) in [7, 11) is 0. The monoisotopic (exact) mass is 334 g/mol. The Balaban J connectivity index is 1.55. The summed E-state index contributed by atoms with van der Waals surface area (Å²) in [5.74, 6) is 0.514. The summed E-state index contributed by atoms with van der Waals surface area (Å²) in [6.07, 6.45) is 9.14. The minimum absolute atomic E-state index is 0.0313. The Bertz CT molecular complexity index is 892. The lowest BCUT2D eigenvalue weighted by molar-refractivity contribution is -0.117. The van der Waals surface area contributed by atoms with Gasteiger partial charge in [0.15, 0.2) is 0 Å². The Morgan fingerprint density at radius 2 is 1.92 bits per heavy atom. The van der Waals surface area contributed by atoms with E-state index in [1.54, 1.807) is 24.8 Å². The second-order valence-electron chi connectivity index (χ2n) is 6.15. The molecule has 7 nitrogen and oxygen atoms in total. The number of likely N-dealkylation sites (tertiary alicyclic amines) is 1. The van der Waals surface area contributed by atoms with Crippen molar-refractivity contribution >= 4 is 22.6 Å². The number of anilines is 1. The van der Waals surface area contributed by atoms with Crippen molar-refractivity contribution in [3.63, 3.8) is 0 Å². The quantitative estimate of drug-likeness (QED) is 0.787. The van der Waals surface area contributed by atoms with Crippen LogP contribution in [0.3, 0.4) is 0 Å². The molecular formula is C18H18N6O. The Kier molecular flexibility index (Phi) is 4.30. The molecule has 1 aliphatic rings. The molecule has 0 radical (unpaired) electrons. The Morgan fingerprint density at radius 3 is 2.72 bits per heavy atom. The standard InChI is InChI=1S/C18H18N6O/c25-18(12-24-5-1-2-6-24)23-17-8-14-7-15(9-19-16(14)11-20-17)13-3-4-21-22-10-13/h3-4,7-11H,1-2,5-6,12H2,(H,20,23,25). The van der Waals surface area contributed by atoms with Gasteiger partial charge >= 0.3 is 0 Å². The van der Waals surface area contributed by atoms with Crippen molar-refractivity contribution in [1.29, 1.82) is 0 Å². The Labute approximate surface area is 145 Å². The Morgan fingerprint density at radius 1 is 1.04 bits per heavy atom. The number of nitrogens with zero attached hydrogens (tertiary/aromatic N) is 5. The lowest BCUT2D eigenvalue weighted by Crippen LogP contribution is -2.31. The maximum absolute atomic E-state index is 12.2. The molecule has 0 spiro atoms. The zero-order valence-electron chi connectivity index (χ0n) is 13.7. The van der Waals surface area contributed by atoms with Crippen LogP contribution in [0.2, 0.25) is 0 Å². The molecule has 1 amide bonds. The van der Waals surface area contributed by atoms with Crippen molar-refractivity contribution in [3.8, 4) is 11.1 Å². The van der Waals surface area contributed by atoms with Crippen LogP contribution in [0.15, 0.2) is 43.0 Å². The number of fused-ring (bicyclic) bond motifs is 1. The highest BCUT2D eigenvalue weighted by Crippen LogP contribution is 2.22. The largest absolute Gasteiger partial charge is 0.310 e. The predicted molar refractivity (Wildman–Crippen MR) is 94.9 cm³/mol. The molecule has 25 heavy (non-hydrogen) atoms. The molecule has 1 saturated heterocycles. The third-order valence-corrected chi connectivity index (χ3v) is 4.32. The van der Waals surface area contributed by atoms with Crippen molar-refractivity contribution in [1.82, 2.24) is 25.1 Å². The van der Waals surface area contributed by atoms with E-state index in [9.17, 15) is 4.79 Å². The molecule has 3 aromatic heterocycles. The van der Waals surface area contributed by atoms with E-state index in [0.29, 0.717) is 12.4 Å². The molecule has 4 heterocycles. The number of aromatic nitrogens is 4. The molecule has 3 aromatic rings. The first-order valence-corrected chi connectivity index (χ1v) is 8.33. The normalized spacial score (nSPS) is 14.7. The third-order valence-electron chi connectivity index (χ3n) is 4.32. The predicted octanol–water partition coefficient (Wildman–Crippen LogP) is 2.12. The number of rotatable bonds is 4. The summed E-state index contributed by atoms with van der Waals surface area (Å²) in [4.78, 5) is 23.0. The van der Waals surface area contributed by atoms with Crippen molar-refractivity contribution in [2.75, 3.05) is 25.0 Å². The third kappa shape index (κ3) is 3.61. The summed E-state index contributed by atoms with van der Waals surface area (Å²) >= 11 is 0. The molecule has 0 aromatic carbocycles. The minimum atomic E-state index is -0.0313. The summed E-state index contributed by atoms with van der Waals surface area (Å²) < 4.78 is 0. The topological polar surface area (TPSA) is 83.9 Å². The van der Waals surface area contributed by atoms with Gasteiger partial charge in [0.2, 0.25) is 5.91 Å². The summed E-state index contributed by atoms with van der Waals surface area (Å²) in [6, 6.07) is 5.75. The van der Waals surface area contributed by atoms with E-state index < -0.39 is 0 Å². The highest BCUT2D eigenvalue weighted by atomic mass is 16.2. The highest BCUT2D eigenvalue weighted by molar-refractivity contribution is 5.93. The van der Waals surface area contributed by atoms with Gasteiger partial charge in [0, 0.05) is 22.7 Å². The van der Waals surface area contributed by atoms with Crippen molar-refractivity contribution in [2.24, 2.45) is 0 Å². The summed E-state index contributed by atoms with van der Waals surface area (Å²) in [5, 5.41) is 11.5. The van der Waals surface area contributed by atoms with E-state index in [1.165, 1.54) is 12.8 Å². The van der Waals surface area contributed by atoms with Gasteiger partial charge in [-0.2, -0.15) is 10.2 Å². The average molecular weight is 334 g/mol. The van der Waals surface area contributed by atoms with Gasteiger partial charge in [-0.05, 0) is 44.1 Å². The summed E-state index contributed by atoms with van der Waals surface area (Å²) in [6.45, 7) is 2.40. The number of hydrogen-bond acceptors (Lipinski definition) is 6. The van der Waals surface area contributed by atoms with E-state index in [1.807, 2.05) is 18.2 Å². The molecule has 126 valence electrons. The zero-order valence-corrected chi connectivity index (χ0v) is 13.7. The van der Waals surface area contributed by atoms with Gasteiger partial charge in [-0.3, -0.25) is 14.7 Å². The first-order chi connectivity index (χ1) is 12.3. The lowest BCUT2D eigenvalue weighted by Gasteiger charge is -2.13. The molecule has 0 atom stereocenters. The molecule has 0 bridgehead atoms. The van der Waals surface area contributed by atoms with Crippen molar-refractivity contribution in [3.05, 3.63) is 43.0 Å². The molecule has 1 N–H and O–H groups in total. The minimum Gasteiger partial charge on any atom is -0.310 e. The van der Waals surface area contributed by atoms with Crippen LogP contribution < -0.4 is 5.32 Å². The van der Waals surface area contributed by atoms with E-state index in [-0.39, 0.29) is 5.91 Å². The smallest absolute Gasteiger partial charge is 0.239 e. The van der Waals surface area contributed by atoms with Gasteiger partial charge in [0.25, 0.3) is 0 Å². The second-order valence-corrected chi connectivity index (χ2v) is 6.15.